The second-order valence-corrected chi connectivity index (χ2v) is 3.32. The lowest BCUT2D eigenvalue weighted by atomic mass is 10.1. The van der Waals surface area contributed by atoms with E-state index in [4.69, 9.17) is 9.15 Å². The average molecular weight is 236 g/mol. The van der Waals surface area contributed by atoms with Gasteiger partial charge < -0.3 is 13.9 Å². The highest BCUT2D eigenvalue weighted by Crippen LogP contribution is 2.29. The molecular weight excluding hydrogens is 228 g/mol. The highest BCUT2D eigenvalue weighted by Gasteiger charge is 2.40. The summed E-state index contributed by atoms with van der Waals surface area (Å²) >= 11 is 0. The summed E-state index contributed by atoms with van der Waals surface area (Å²) in [5, 5.41) is 0. The molecule has 0 saturated heterocycles. The minimum atomic E-state index is -1.12. The van der Waals surface area contributed by atoms with E-state index in [2.05, 4.69) is 4.74 Å². The number of aryl methyl sites for hydroxylation is 1. The third-order valence-electron chi connectivity index (χ3n) is 2.19. The number of ketones is 1. The van der Waals surface area contributed by atoms with Gasteiger partial charge in [0, 0.05) is 0 Å². The van der Waals surface area contributed by atoms with Crippen molar-refractivity contribution >= 4 is 23.5 Å². The van der Waals surface area contributed by atoms with Crippen LogP contribution in [0.3, 0.4) is 0 Å². The second kappa shape index (κ2) is 3.89. The van der Waals surface area contributed by atoms with Crippen LogP contribution in [0.1, 0.15) is 11.5 Å². The van der Waals surface area contributed by atoms with Crippen molar-refractivity contribution in [1.82, 2.24) is 0 Å². The molecule has 0 N–H and O–H groups in total. The molecule has 0 radical (unpaired) electrons. The van der Waals surface area contributed by atoms with E-state index in [1.807, 2.05) is 0 Å². The van der Waals surface area contributed by atoms with Crippen molar-refractivity contribution in [1.29, 1.82) is 0 Å². The molecule has 1 aromatic rings. The van der Waals surface area contributed by atoms with E-state index in [0.717, 1.165) is 7.11 Å². The van der Waals surface area contributed by atoms with Gasteiger partial charge in [0.15, 0.2) is 17.1 Å². The van der Waals surface area contributed by atoms with Gasteiger partial charge in [-0.1, -0.05) is 0 Å². The van der Waals surface area contributed by atoms with Crippen molar-refractivity contribution in [2.24, 2.45) is 0 Å². The summed E-state index contributed by atoms with van der Waals surface area (Å²) in [4.78, 5) is 33.9. The number of hydrogen-bond acceptors (Lipinski definition) is 6. The Morgan fingerprint density at radius 2 is 2.00 bits per heavy atom. The maximum atomic E-state index is 11.4. The van der Waals surface area contributed by atoms with E-state index < -0.39 is 23.3 Å². The number of carbonyl (C=O) groups excluding carboxylic acids is 3. The number of Topliss-reactive ketones (excluding diaryl/α,β-unsaturated/α-hetero) is 1. The minimum Gasteiger partial charge on any atom is -0.465 e. The fourth-order valence-electron chi connectivity index (χ4n) is 1.41. The SMILES string of the molecule is COC(=O)C1=C(c2ccc(C)o2)OC(=O)C1=O. The number of ether oxygens (including phenoxy) is 2. The summed E-state index contributed by atoms with van der Waals surface area (Å²) < 4.78 is 14.3. The second-order valence-electron chi connectivity index (χ2n) is 3.32. The molecule has 2 rings (SSSR count). The molecule has 1 aliphatic heterocycles. The van der Waals surface area contributed by atoms with Crippen molar-refractivity contribution in [2.45, 2.75) is 6.92 Å². The molecule has 1 aliphatic rings. The average Bonchev–Trinajstić information content (AvgIpc) is 2.84. The highest BCUT2D eigenvalue weighted by atomic mass is 16.6. The van der Waals surface area contributed by atoms with Crippen LogP contribution in [0.4, 0.5) is 0 Å². The Hall–Kier alpha value is -2.37. The van der Waals surface area contributed by atoms with Crippen molar-refractivity contribution < 1.29 is 28.3 Å². The summed E-state index contributed by atoms with van der Waals surface area (Å²) in [7, 11) is 1.11. The first-order valence-corrected chi connectivity index (χ1v) is 4.70. The Bertz CT molecular complexity index is 548. The van der Waals surface area contributed by atoms with Crippen LogP contribution in [0, 0.1) is 6.92 Å². The minimum absolute atomic E-state index is 0.141. The summed E-state index contributed by atoms with van der Waals surface area (Å²) in [6, 6.07) is 3.12. The molecule has 88 valence electrons. The van der Waals surface area contributed by atoms with Crippen molar-refractivity contribution in [3.05, 3.63) is 29.2 Å². The van der Waals surface area contributed by atoms with Gasteiger partial charge in [-0.2, -0.15) is 0 Å². The third kappa shape index (κ3) is 1.73. The lowest BCUT2D eigenvalue weighted by Gasteiger charge is -1.99. The van der Waals surface area contributed by atoms with Crippen LogP contribution in [0.5, 0.6) is 0 Å². The molecule has 0 saturated carbocycles. The number of methoxy groups -OCH3 is 1. The van der Waals surface area contributed by atoms with Gasteiger partial charge >= 0.3 is 11.9 Å². The van der Waals surface area contributed by atoms with Crippen LogP contribution in [0.25, 0.3) is 5.76 Å². The summed E-state index contributed by atoms with van der Waals surface area (Å²) in [6.45, 7) is 1.68. The summed E-state index contributed by atoms with van der Waals surface area (Å²) in [5.41, 5.74) is -0.438. The Morgan fingerprint density at radius 3 is 2.53 bits per heavy atom. The van der Waals surface area contributed by atoms with Crippen LogP contribution >= 0.6 is 0 Å². The first-order valence-electron chi connectivity index (χ1n) is 4.70. The van der Waals surface area contributed by atoms with Gasteiger partial charge in [0.2, 0.25) is 0 Å². The van der Waals surface area contributed by atoms with Gasteiger partial charge in [0.25, 0.3) is 5.78 Å². The molecule has 2 heterocycles. The maximum absolute atomic E-state index is 11.4. The Balaban J connectivity index is 2.54. The normalized spacial score (nSPS) is 15.2. The van der Waals surface area contributed by atoms with E-state index >= 15 is 0 Å². The highest BCUT2D eigenvalue weighted by molar-refractivity contribution is 6.51. The molecule has 1 aromatic heterocycles. The lowest BCUT2D eigenvalue weighted by molar-refractivity contribution is -0.146. The molecule has 0 aromatic carbocycles. The molecule has 0 aliphatic carbocycles. The molecule has 0 atom stereocenters. The van der Waals surface area contributed by atoms with E-state index in [1.165, 1.54) is 6.07 Å². The number of esters is 2. The van der Waals surface area contributed by atoms with Crippen molar-refractivity contribution in [2.75, 3.05) is 7.11 Å². The number of hydrogen-bond donors (Lipinski definition) is 0. The lowest BCUT2D eigenvalue weighted by Crippen LogP contribution is -2.16. The zero-order chi connectivity index (χ0) is 12.6. The Kier molecular flexibility index (Phi) is 2.55. The first kappa shape index (κ1) is 11.1. The van der Waals surface area contributed by atoms with Crippen LogP contribution in [-0.2, 0) is 23.9 Å². The molecule has 0 fully saturated rings. The molecule has 0 spiro atoms. The predicted octanol–water partition coefficient (Wildman–Crippen LogP) is 0.598. The smallest absolute Gasteiger partial charge is 0.385 e. The number of cyclic esters (lactones) is 1. The predicted molar refractivity (Wildman–Crippen MR) is 53.5 cm³/mol. The monoisotopic (exact) mass is 236 g/mol. The van der Waals surface area contributed by atoms with Crippen LogP contribution in [-0.4, -0.2) is 24.8 Å². The molecule has 6 nitrogen and oxygen atoms in total. The Labute approximate surface area is 95.8 Å². The standard InChI is InChI=1S/C11H8O6/c1-5-3-4-6(16-5)9-7(10(13)15-2)8(12)11(14)17-9/h3-4H,1-2H3. The van der Waals surface area contributed by atoms with Crippen LogP contribution in [0.15, 0.2) is 22.1 Å². The summed E-state index contributed by atoms with van der Waals surface area (Å²) in [6.07, 6.45) is 0. The first-order chi connectivity index (χ1) is 8.04. The van der Waals surface area contributed by atoms with Gasteiger partial charge in [-0.05, 0) is 19.1 Å². The van der Waals surface area contributed by atoms with Gasteiger partial charge in [-0.15, -0.1) is 0 Å². The number of carbonyl (C=O) groups is 3. The molecular formula is C11H8O6. The maximum Gasteiger partial charge on any atom is 0.385 e. The molecule has 0 unspecified atom stereocenters. The quantitative estimate of drug-likeness (QED) is 0.424. The largest absolute Gasteiger partial charge is 0.465 e. The van der Waals surface area contributed by atoms with Crippen molar-refractivity contribution in [3.63, 3.8) is 0 Å². The van der Waals surface area contributed by atoms with Crippen LogP contribution in [0.2, 0.25) is 0 Å². The zero-order valence-electron chi connectivity index (χ0n) is 9.10. The molecule has 0 amide bonds. The molecule has 17 heavy (non-hydrogen) atoms. The fraction of sp³-hybridized carbons (Fsp3) is 0.182. The van der Waals surface area contributed by atoms with E-state index in [-0.39, 0.29) is 11.5 Å². The topological polar surface area (TPSA) is 82.8 Å². The third-order valence-corrected chi connectivity index (χ3v) is 2.19. The van der Waals surface area contributed by atoms with E-state index in [1.54, 1.807) is 13.0 Å². The molecule has 0 bridgehead atoms. The number of furan rings is 1. The Morgan fingerprint density at radius 1 is 1.29 bits per heavy atom. The number of rotatable bonds is 2. The van der Waals surface area contributed by atoms with Gasteiger partial charge in [0.1, 0.15) is 5.76 Å². The van der Waals surface area contributed by atoms with Gasteiger partial charge in [-0.3, -0.25) is 4.79 Å². The van der Waals surface area contributed by atoms with E-state index in [0.29, 0.717) is 5.76 Å². The fourth-order valence-corrected chi connectivity index (χ4v) is 1.41. The van der Waals surface area contributed by atoms with E-state index in [9.17, 15) is 14.4 Å². The van der Waals surface area contributed by atoms with Crippen molar-refractivity contribution in [3.8, 4) is 0 Å². The van der Waals surface area contributed by atoms with Gasteiger partial charge in [0.05, 0.1) is 7.11 Å². The zero-order valence-corrected chi connectivity index (χ0v) is 9.10. The van der Waals surface area contributed by atoms with Gasteiger partial charge in [-0.25, -0.2) is 9.59 Å². The summed E-state index contributed by atoms with van der Waals surface area (Å²) in [5.74, 6) is -2.56. The molecule has 6 heteroatoms. The van der Waals surface area contributed by atoms with Crippen LogP contribution < -0.4 is 0 Å².